The molecule has 0 fully saturated rings. The van der Waals surface area contributed by atoms with Crippen LogP contribution in [0.3, 0.4) is 0 Å². The maximum atomic E-state index is 13.4. The lowest BCUT2D eigenvalue weighted by molar-refractivity contribution is -0.143. The van der Waals surface area contributed by atoms with Crippen LogP contribution in [0.5, 0.6) is 5.75 Å². The highest BCUT2D eigenvalue weighted by Crippen LogP contribution is 2.31. The number of halogens is 1. The zero-order valence-electron chi connectivity index (χ0n) is 21.4. The molecule has 1 unspecified atom stereocenters. The lowest BCUT2D eigenvalue weighted by atomic mass is 9.87. The van der Waals surface area contributed by atoms with Crippen LogP contribution in [0, 0.1) is 6.92 Å². The lowest BCUT2D eigenvalue weighted by Crippen LogP contribution is -2.50. The Morgan fingerprint density at radius 2 is 1.85 bits per heavy atom. The number of benzene rings is 2. The number of aryl methyl sites for hydroxylation is 1. The van der Waals surface area contributed by atoms with E-state index in [2.05, 4.69) is 48.9 Å². The van der Waals surface area contributed by atoms with Crippen molar-refractivity contribution in [3.05, 3.63) is 63.6 Å². The molecule has 6 heteroatoms. The molecule has 0 spiro atoms. The minimum absolute atomic E-state index is 0.0148. The number of amides is 2. The number of ether oxygens (including phenoxy) is 1. The molecule has 0 aliphatic carbocycles. The molecule has 0 radical (unpaired) electrons. The summed E-state index contributed by atoms with van der Waals surface area (Å²) in [4.78, 5) is 28.0. The Morgan fingerprint density at radius 3 is 2.44 bits per heavy atom. The smallest absolute Gasteiger partial charge is 0.261 e. The van der Waals surface area contributed by atoms with Gasteiger partial charge in [0.25, 0.3) is 5.91 Å². The SMILES string of the molecule is CCCCNC(=O)C(CC)N(Cc1cccc(C)c1)C(=O)COc1ccc(C(C)(C)C)cc1Br. The molecule has 1 atom stereocenters. The van der Waals surface area contributed by atoms with Crippen molar-refractivity contribution < 1.29 is 14.3 Å². The fraction of sp³-hybridized carbons (Fsp3) is 0.500. The average molecular weight is 532 g/mol. The predicted molar refractivity (Wildman–Crippen MR) is 142 cm³/mol. The molecular weight excluding hydrogens is 492 g/mol. The highest BCUT2D eigenvalue weighted by molar-refractivity contribution is 9.10. The van der Waals surface area contributed by atoms with Gasteiger partial charge in [-0.2, -0.15) is 0 Å². The molecule has 0 aliphatic heterocycles. The second-order valence-electron chi connectivity index (χ2n) is 9.76. The Balaban J connectivity index is 2.21. The third-order valence-corrected chi connectivity index (χ3v) is 6.42. The number of hydrogen-bond acceptors (Lipinski definition) is 3. The topological polar surface area (TPSA) is 58.6 Å². The van der Waals surface area contributed by atoms with Crippen LogP contribution in [0.4, 0.5) is 0 Å². The van der Waals surface area contributed by atoms with E-state index in [1.807, 2.05) is 56.3 Å². The fourth-order valence-electron chi connectivity index (χ4n) is 3.74. The van der Waals surface area contributed by atoms with Crippen molar-refractivity contribution >= 4 is 27.7 Å². The monoisotopic (exact) mass is 530 g/mol. The van der Waals surface area contributed by atoms with Crippen LogP contribution in [-0.2, 0) is 21.5 Å². The minimum atomic E-state index is -0.555. The molecule has 0 saturated heterocycles. The summed E-state index contributed by atoms with van der Waals surface area (Å²) >= 11 is 3.58. The van der Waals surface area contributed by atoms with E-state index in [1.165, 1.54) is 5.56 Å². The second-order valence-corrected chi connectivity index (χ2v) is 10.6. The first-order chi connectivity index (χ1) is 16.1. The molecule has 0 heterocycles. The zero-order chi connectivity index (χ0) is 25.3. The van der Waals surface area contributed by atoms with Gasteiger partial charge in [0, 0.05) is 13.1 Å². The van der Waals surface area contributed by atoms with Gasteiger partial charge in [0.05, 0.1) is 4.47 Å². The number of carbonyl (C=O) groups excluding carboxylic acids is 2. The van der Waals surface area contributed by atoms with E-state index in [9.17, 15) is 9.59 Å². The second kappa shape index (κ2) is 12.9. The zero-order valence-corrected chi connectivity index (χ0v) is 23.0. The molecule has 0 aromatic heterocycles. The average Bonchev–Trinajstić information content (AvgIpc) is 2.77. The van der Waals surface area contributed by atoms with Crippen molar-refractivity contribution in [1.29, 1.82) is 0 Å². The van der Waals surface area contributed by atoms with Crippen molar-refractivity contribution in [3.8, 4) is 5.75 Å². The first-order valence-corrected chi connectivity index (χ1v) is 12.9. The number of hydrogen-bond donors (Lipinski definition) is 1. The van der Waals surface area contributed by atoms with E-state index in [0.717, 1.165) is 28.4 Å². The van der Waals surface area contributed by atoms with Gasteiger partial charge in [-0.05, 0) is 64.4 Å². The summed E-state index contributed by atoms with van der Waals surface area (Å²) in [6.45, 7) is 13.3. The van der Waals surface area contributed by atoms with Crippen LogP contribution in [0.25, 0.3) is 0 Å². The van der Waals surface area contributed by atoms with Crippen molar-refractivity contribution in [2.24, 2.45) is 0 Å². The molecule has 0 aliphatic rings. The molecule has 1 N–H and O–H groups in total. The van der Waals surface area contributed by atoms with E-state index in [4.69, 9.17) is 4.74 Å². The minimum Gasteiger partial charge on any atom is -0.483 e. The summed E-state index contributed by atoms with van der Waals surface area (Å²) in [7, 11) is 0. The van der Waals surface area contributed by atoms with Crippen molar-refractivity contribution in [3.63, 3.8) is 0 Å². The van der Waals surface area contributed by atoms with E-state index >= 15 is 0 Å². The summed E-state index contributed by atoms with van der Waals surface area (Å²) in [6.07, 6.45) is 2.44. The molecule has 0 bridgehead atoms. The maximum absolute atomic E-state index is 13.4. The molecule has 186 valence electrons. The van der Waals surface area contributed by atoms with Gasteiger partial charge in [0.1, 0.15) is 11.8 Å². The predicted octanol–water partition coefficient (Wildman–Crippen LogP) is 6.16. The first kappa shape index (κ1) is 27.9. The van der Waals surface area contributed by atoms with Crippen LogP contribution in [0.1, 0.15) is 70.6 Å². The molecular formula is C28H39BrN2O3. The Labute approximate surface area is 213 Å². The number of rotatable bonds is 11. The summed E-state index contributed by atoms with van der Waals surface area (Å²) in [6, 6.07) is 13.4. The largest absolute Gasteiger partial charge is 0.483 e. The number of unbranched alkanes of at least 4 members (excludes halogenated alkanes) is 1. The standard InChI is InChI=1S/C28H39BrN2O3/c1-7-9-15-30-27(33)24(8-2)31(18-21-12-10-11-20(3)16-21)26(32)19-34-25-14-13-22(17-23(25)29)28(4,5)6/h10-14,16-17,24H,7-9,15,18-19H2,1-6H3,(H,30,33). The van der Waals surface area contributed by atoms with Crippen molar-refractivity contribution in [1.82, 2.24) is 10.2 Å². The van der Waals surface area contributed by atoms with E-state index in [-0.39, 0.29) is 23.8 Å². The maximum Gasteiger partial charge on any atom is 0.261 e. The summed E-state index contributed by atoms with van der Waals surface area (Å²) in [5.74, 6) is 0.274. The summed E-state index contributed by atoms with van der Waals surface area (Å²) in [5, 5.41) is 2.99. The Hall–Kier alpha value is -2.34. The van der Waals surface area contributed by atoms with E-state index < -0.39 is 6.04 Å². The van der Waals surface area contributed by atoms with Crippen molar-refractivity contribution in [2.45, 2.75) is 78.8 Å². The number of nitrogens with one attached hydrogen (secondary N) is 1. The lowest BCUT2D eigenvalue weighted by Gasteiger charge is -2.30. The van der Waals surface area contributed by atoms with E-state index in [0.29, 0.717) is 25.3 Å². The summed E-state index contributed by atoms with van der Waals surface area (Å²) in [5.41, 5.74) is 3.29. The molecule has 2 rings (SSSR count). The van der Waals surface area contributed by atoms with Gasteiger partial charge in [-0.1, -0.05) is 76.9 Å². The van der Waals surface area contributed by atoms with Gasteiger partial charge in [0.15, 0.2) is 6.61 Å². The van der Waals surface area contributed by atoms with E-state index in [1.54, 1.807) is 4.90 Å². The number of carbonyl (C=O) groups is 2. The van der Waals surface area contributed by atoms with Crippen LogP contribution < -0.4 is 10.1 Å². The van der Waals surface area contributed by atoms with Gasteiger partial charge in [-0.3, -0.25) is 9.59 Å². The summed E-state index contributed by atoms with van der Waals surface area (Å²) < 4.78 is 6.72. The Kier molecular flexibility index (Phi) is 10.6. The Bertz CT molecular complexity index is 968. The number of nitrogens with zero attached hydrogens (tertiary/aromatic N) is 1. The van der Waals surface area contributed by atoms with Gasteiger partial charge < -0.3 is 15.0 Å². The normalized spacial score (nSPS) is 12.2. The van der Waals surface area contributed by atoms with Crippen LogP contribution in [0.15, 0.2) is 46.9 Å². The highest BCUT2D eigenvalue weighted by Gasteiger charge is 2.29. The van der Waals surface area contributed by atoms with Gasteiger partial charge >= 0.3 is 0 Å². The molecule has 5 nitrogen and oxygen atoms in total. The quantitative estimate of drug-likeness (QED) is 0.354. The van der Waals surface area contributed by atoms with Gasteiger partial charge in [-0.15, -0.1) is 0 Å². The van der Waals surface area contributed by atoms with Crippen LogP contribution >= 0.6 is 15.9 Å². The van der Waals surface area contributed by atoms with Crippen LogP contribution in [0.2, 0.25) is 0 Å². The Morgan fingerprint density at radius 1 is 1.12 bits per heavy atom. The molecule has 0 saturated carbocycles. The molecule has 2 aromatic carbocycles. The molecule has 2 amide bonds. The van der Waals surface area contributed by atoms with Gasteiger partial charge in [0.2, 0.25) is 5.91 Å². The third-order valence-electron chi connectivity index (χ3n) is 5.80. The molecule has 2 aromatic rings. The van der Waals surface area contributed by atoms with Crippen molar-refractivity contribution in [2.75, 3.05) is 13.2 Å². The third kappa shape index (κ3) is 8.15. The highest BCUT2D eigenvalue weighted by atomic mass is 79.9. The van der Waals surface area contributed by atoms with Gasteiger partial charge in [-0.25, -0.2) is 0 Å². The first-order valence-electron chi connectivity index (χ1n) is 12.1. The molecule has 34 heavy (non-hydrogen) atoms. The van der Waals surface area contributed by atoms with Crippen LogP contribution in [-0.4, -0.2) is 35.9 Å². The fourth-order valence-corrected chi connectivity index (χ4v) is 4.23.